The Bertz CT molecular complexity index is 1190. The molecule has 2 aromatic carbocycles. The molecule has 0 fully saturated rings. The van der Waals surface area contributed by atoms with E-state index >= 15 is 0 Å². The van der Waals surface area contributed by atoms with Gasteiger partial charge in [-0.15, -0.1) is 0 Å². The zero-order valence-electron chi connectivity index (χ0n) is 37.9. The summed E-state index contributed by atoms with van der Waals surface area (Å²) >= 11 is 1.82. The Labute approximate surface area is 326 Å². The lowest BCUT2D eigenvalue weighted by atomic mass is 9.91. The van der Waals surface area contributed by atoms with Gasteiger partial charge in [-0.25, -0.2) is 4.42 Å². The molecule has 1 nitrogen and oxygen atoms in total. The van der Waals surface area contributed by atoms with Crippen molar-refractivity contribution in [3.05, 3.63) is 75.9 Å². The molecule has 1 aromatic heterocycles. The summed E-state index contributed by atoms with van der Waals surface area (Å²) in [5.41, 5.74) is 4.67. The summed E-state index contributed by atoms with van der Waals surface area (Å²) < 4.78 is 6.23. The summed E-state index contributed by atoms with van der Waals surface area (Å²) in [6, 6.07) is 17.2. The standard InChI is InChI=1S/C24H27OS.C9H20.C6H14.2C3H8.2C2H6/c1-16-11-12-20-19(15-23(24(4,5)6)25-21(20)13-16)14-18(3)26-22-10-8-7-9-17(22)2;1-4-6-8-9(3)7-5-2;1-3-5-6-4-2;2*1-3-2;2*1-2/h7-15H,1-6H3;9H,4-8H2,1-3H3;3-6H2,1-2H3;2*3H2,1-2H3;2*1-2H3/q+1;;;;;;/b18-14-;;;;;;/t;9-;;;;;/m.1...../s1. The summed E-state index contributed by atoms with van der Waals surface area (Å²) in [7, 11) is 0. The quantitative estimate of drug-likeness (QED) is 0.111. The summed E-state index contributed by atoms with van der Waals surface area (Å²) in [6.07, 6.45) is 17.3. The van der Waals surface area contributed by atoms with Crippen molar-refractivity contribution in [1.29, 1.82) is 0 Å². The number of rotatable bonds is 11. The van der Waals surface area contributed by atoms with Crippen LogP contribution in [-0.2, 0) is 5.41 Å². The van der Waals surface area contributed by atoms with Crippen LogP contribution in [0, 0.1) is 19.8 Å². The lowest BCUT2D eigenvalue weighted by molar-refractivity contribution is 0.421. The average molecular weight is 726 g/mol. The second-order valence-corrected chi connectivity index (χ2v) is 15.4. The van der Waals surface area contributed by atoms with E-state index in [0.29, 0.717) is 0 Å². The smallest absolute Gasteiger partial charge is 0.212 e. The van der Waals surface area contributed by atoms with Gasteiger partial charge in [0.25, 0.3) is 0 Å². The highest BCUT2D eigenvalue weighted by Gasteiger charge is 2.28. The lowest BCUT2D eigenvalue weighted by Gasteiger charge is -2.11. The molecule has 0 unspecified atom stereocenters. The normalized spacial score (nSPS) is 10.8. The fraction of sp³-hybridized carbons (Fsp3) is 0.653. The van der Waals surface area contributed by atoms with Crippen molar-refractivity contribution in [1.82, 2.24) is 0 Å². The van der Waals surface area contributed by atoms with Crippen LogP contribution in [0.15, 0.2) is 62.7 Å². The summed E-state index contributed by atoms with van der Waals surface area (Å²) in [6.45, 7) is 40.9. The Kier molecular flexibility index (Phi) is 41.2. The molecule has 0 amide bonds. The number of unbranched alkanes of at least 4 members (excludes halogenated alkanes) is 4. The maximum Gasteiger partial charge on any atom is 0.361 e. The van der Waals surface area contributed by atoms with E-state index in [9.17, 15) is 0 Å². The van der Waals surface area contributed by atoms with Gasteiger partial charge in [-0.3, -0.25) is 0 Å². The topological polar surface area (TPSA) is 11.3 Å². The zero-order chi connectivity index (χ0) is 40.3. The number of allylic oxidation sites excluding steroid dienone is 1. The number of fused-ring (bicyclic) bond motifs is 1. The molecule has 3 rings (SSSR count). The monoisotopic (exact) mass is 726 g/mol. The van der Waals surface area contributed by atoms with Gasteiger partial charge < -0.3 is 0 Å². The molecule has 0 radical (unpaired) electrons. The molecule has 0 spiro atoms. The van der Waals surface area contributed by atoms with Crippen LogP contribution in [0.2, 0.25) is 0 Å². The first-order valence-electron chi connectivity index (χ1n) is 21.1. The fourth-order valence-electron chi connectivity index (χ4n) is 4.59. The van der Waals surface area contributed by atoms with E-state index in [1.165, 1.54) is 97.1 Å². The highest BCUT2D eigenvalue weighted by Crippen LogP contribution is 2.34. The van der Waals surface area contributed by atoms with Gasteiger partial charge in [-0.1, -0.05) is 197 Å². The van der Waals surface area contributed by atoms with Crippen LogP contribution in [-0.4, -0.2) is 0 Å². The second-order valence-electron chi connectivity index (χ2n) is 14.1. The second kappa shape index (κ2) is 37.7. The molecule has 1 atom stereocenters. The molecule has 0 bridgehead atoms. The molecule has 0 saturated carbocycles. The summed E-state index contributed by atoms with van der Waals surface area (Å²) in [5.74, 6) is 1.98. The molecule has 1 heterocycles. The molecule has 0 aliphatic carbocycles. The number of hydrogen-bond acceptors (Lipinski definition) is 1. The van der Waals surface area contributed by atoms with E-state index in [-0.39, 0.29) is 5.41 Å². The van der Waals surface area contributed by atoms with Crippen LogP contribution >= 0.6 is 11.8 Å². The van der Waals surface area contributed by atoms with Crippen LogP contribution in [0.25, 0.3) is 17.0 Å². The van der Waals surface area contributed by atoms with E-state index in [0.717, 1.165) is 22.6 Å². The van der Waals surface area contributed by atoms with E-state index in [2.05, 4.69) is 158 Å². The Balaban J connectivity index is -0.000000363. The number of benzene rings is 2. The molecule has 0 N–H and O–H groups in total. The van der Waals surface area contributed by atoms with E-state index in [4.69, 9.17) is 4.42 Å². The van der Waals surface area contributed by atoms with Crippen molar-refractivity contribution in [2.24, 2.45) is 5.92 Å². The average Bonchev–Trinajstić information content (AvgIpc) is 3.10. The van der Waals surface area contributed by atoms with Gasteiger partial charge >= 0.3 is 11.3 Å². The third-order valence-corrected chi connectivity index (χ3v) is 8.32. The van der Waals surface area contributed by atoms with Gasteiger partial charge in [0, 0.05) is 22.6 Å². The van der Waals surface area contributed by atoms with Gasteiger partial charge in [0.05, 0.1) is 10.8 Å². The van der Waals surface area contributed by atoms with Gasteiger partial charge in [0.2, 0.25) is 0 Å². The molecule has 3 aromatic rings. The van der Waals surface area contributed by atoms with E-state index < -0.39 is 0 Å². The van der Waals surface area contributed by atoms with Crippen molar-refractivity contribution in [3.63, 3.8) is 0 Å². The van der Waals surface area contributed by atoms with Crippen LogP contribution in [0.4, 0.5) is 0 Å². The number of thioether (sulfide) groups is 1. The lowest BCUT2D eigenvalue weighted by Crippen LogP contribution is -2.11. The highest BCUT2D eigenvalue weighted by atomic mass is 32.2. The molecule has 51 heavy (non-hydrogen) atoms. The first kappa shape index (κ1) is 55.7. The van der Waals surface area contributed by atoms with Gasteiger partial charge in [-0.05, 0) is 81.7 Å². The first-order valence-corrected chi connectivity index (χ1v) is 21.9. The van der Waals surface area contributed by atoms with E-state index in [1.54, 1.807) is 0 Å². The minimum absolute atomic E-state index is 0.0302. The predicted molar refractivity (Wildman–Crippen MR) is 243 cm³/mol. The van der Waals surface area contributed by atoms with Gasteiger partial charge in [0.15, 0.2) is 0 Å². The van der Waals surface area contributed by atoms with Crippen molar-refractivity contribution in [3.8, 4) is 0 Å². The Morgan fingerprint density at radius 2 is 1.22 bits per heavy atom. The first-order chi connectivity index (χ1) is 24.3. The Morgan fingerprint density at radius 3 is 1.67 bits per heavy atom. The van der Waals surface area contributed by atoms with Gasteiger partial charge in [0.1, 0.15) is 0 Å². The highest BCUT2D eigenvalue weighted by molar-refractivity contribution is 8.03. The van der Waals surface area contributed by atoms with Crippen molar-refractivity contribution in [2.45, 2.75) is 212 Å². The molecule has 296 valence electrons. The summed E-state index contributed by atoms with van der Waals surface area (Å²) in [5, 5.41) is 1.16. The SMILES string of the molecule is C/C(=C/c1cc(C(C)(C)C)[o+]c2cc(C)ccc12)Sc1ccccc1C.CC.CC.CCC.CCC.CCCCCC.CCCC[C@H](C)CCC. The number of aryl methyl sites for hydroxylation is 2. The van der Waals surface area contributed by atoms with Crippen LogP contribution < -0.4 is 0 Å². The predicted octanol–water partition coefficient (Wildman–Crippen LogP) is 18.9. The third-order valence-electron chi connectivity index (χ3n) is 7.21. The summed E-state index contributed by atoms with van der Waals surface area (Å²) in [4.78, 5) is 2.57. The Hall–Kier alpha value is -2.06. The fourth-order valence-corrected chi connectivity index (χ4v) is 5.50. The maximum absolute atomic E-state index is 6.23. The molecule has 0 saturated heterocycles. The maximum atomic E-state index is 6.23. The number of hydrogen-bond donors (Lipinski definition) is 0. The van der Waals surface area contributed by atoms with Crippen LogP contribution in [0.5, 0.6) is 0 Å². The minimum Gasteiger partial charge on any atom is -0.212 e. The molecule has 2 heteroatoms. The zero-order valence-corrected chi connectivity index (χ0v) is 38.7. The minimum atomic E-state index is -0.0302. The Morgan fingerprint density at radius 1 is 0.706 bits per heavy atom. The largest absolute Gasteiger partial charge is 0.361 e. The molecule has 0 aliphatic heterocycles. The van der Waals surface area contributed by atoms with Crippen molar-refractivity contribution >= 4 is 28.8 Å². The molecular formula is C49H89OS+. The third kappa shape index (κ3) is 30.1. The van der Waals surface area contributed by atoms with Crippen molar-refractivity contribution < 1.29 is 4.42 Å². The molecular weight excluding hydrogens is 637 g/mol. The van der Waals surface area contributed by atoms with Gasteiger partial charge in [-0.2, -0.15) is 0 Å². The van der Waals surface area contributed by atoms with Crippen LogP contribution in [0.3, 0.4) is 0 Å². The molecule has 0 aliphatic rings. The van der Waals surface area contributed by atoms with E-state index in [1.807, 2.05) is 39.5 Å². The van der Waals surface area contributed by atoms with Crippen LogP contribution in [0.1, 0.15) is 211 Å². The van der Waals surface area contributed by atoms with Crippen molar-refractivity contribution in [2.75, 3.05) is 0 Å².